The van der Waals surface area contributed by atoms with E-state index in [0.29, 0.717) is 31.0 Å². The Bertz CT molecular complexity index is 1140. The van der Waals surface area contributed by atoms with Gasteiger partial charge in [-0.2, -0.15) is 13.2 Å². The van der Waals surface area contributed by atoms with Crippen molar-refractivity contribution in [2.45, 2.75) is 19.1 Å². The molecule has 1 fully saturated rings. The fourth-order valence-electron chi connectivity index (χ4n) is 3.92. The number of alkyl halides is 3. The molecule has 0 radical (unpaired) electrons. The van der Waals surface area contributed by atoms with Crippen molar-refractivity contribution in [1.29, 1.82) is 0 Å². The van der Waals surface area contributed by atoms with Gasteiger partial charge in [0.25, 0.3) is 11.8 Å². The van der Waals surface area contributed by atoms with Crippen LogP contribution < -0.4 is 10.2 Å². The molecule has 184 valence electrons. The van der Waals surface area contributed by atoms with Gasteiger partial charge in [0.1, 0.15) is 5.82 Å². The maximum Gasteiger partial charge on any atom is 0.417 e. The van der Waals surface area contributed by atoms with Crippen molar-refractivity contribution in [2.24, 2.45) is 0 Å². The zero-order valence-electron chi connectivity index (χ0n) is 18.9. The smallest absolute Gasteiger partial charge is 0.353 e. The number of anilines is 1. The Morgan fingerprint density at radius 3 is 2.46 bits per heavy atom. The highest BCUT2D eigenvalue weighted by Crippen LogP contribution is 2.32. The number of imidazole rings is 1. The Labute approximate surface area is 200 Å². The standard InChI is InChI=1S/C24H25F3N6O2/c25-24(26,27)20-5-2-1-4-19(20)23(35)33-14-12-32(13-15-33)21-7-6-18(16-30-21)22(34)29-8-3-10-31-11-9-28-17-31/h1-2,4-7,9,11,16-17H,3,8,10,12-15H2,(H,29,34). The Kier molecular flexibility index (Phi) is 7.33. The van der Waals surface area contributed by atoms with E-state index in [1.54, 1.807) is 24.7 Å². The number of benzene rings is 1. The molecule has 8 nitrogen and oxygen atoms in total. The van der Waals surface area contributed by atoms with E-state index in [1.165, 1.54) is 29.3 Å². The second-order valence-electron chi connectivity index (χ2n) is 8.14. The van der Waals surface area contributed by atoms with Gasteiger partial charge >= 0.3 is 6.18 Å². The summed E-state index contributed by atoms with van der Waals surface area (Å²) in [5, 5.41) is 2.86. The first-order valence-corrected chi connectivity index (χ1v) is 11.2. The second kappa shape index (κ2) is 10.6. The molecule has 1 aromatic carbocycles. The van der Waals surface area contributed by atoms with Crippen molar-refractivity contribution in [3.63, 3.8) is 0 Å². The van der Waals surface area contributed by atoms with E-state index in [9.17, 15) is 22.8 Å². The second-order valence-corrected chi connectivity index (χ2v) is 8.14. The van der Waals surface area contributed by atoms with Crippen LogP contribution in [0.15, 0.2) is 61.3 Å². The largest absolute Gasteiger partial charge is 0.417 e. The summed E-state index contributed by atoms with van der Waals surface area (Å²) in [4.78, 5) is 36.8. The number of hydrogen-bond donors (Lipinski definition) is 1. The lowest BCUT2D eigenvalue weighted by atomic mass is 10.1. The van der Waals surface area contributed by atoms with Crippen LogP contribution in [-0.4, -0.2) is 64.0 Å². The number of hydrogen-bond acceptors (Lipinski definition) is 5. The van der Waals surface area contributed by atoms with Crippen molar-refractivity contribution in [3.8, 4) is 0 Å². The maximum atomic E-state index is 13.3. The van der Waals surface area contributed by atoms with Gasteiger partial charge in [-0.25, -0.2) is 9.97 Å². The van der Waals surface area contributed by atoms with Crippen LogP contribution in [0, 0.1) is 0 Å². The van der Waals surface area contributed by atoms with Crippen LogP contribution in [0.1, 0.15) is 32.7 Å². The predicted octanol–water partition coefficient (Wildman–Crippen LogP) is 3.08. The summed E-state index contributed by atoms with van der Waals surface area (Å²) in [6.45, 7) is 2.66. The number of rotatable bonds is 7. The predicted molar refractivity (Wildman–Crippen MR) is 123 cm³/mol. The lowest BCUT2D eigenvalue weighted by molar-refractivity contribution is -0.138. The molecule has 1 aliphatic rings. The third-order valence-electron chi connectivity index (χ3n) is 5.80. The number of halogens is 3. The van der Waals surface area contributed by atoms with E-state index in [2.05, 4.69) is 15.3 Å². The van der Waals surface area contributed by atoms with Gasteiger partial charge in [-0.1, -0.05) is 12.1 Å². The average molecular weight is 486 g/mol. The van der Waals surface area contributed by atoms with Crippen LogP contribution in [-0.2, 0) is 12.7 Å². The minimum atomic E-state index is -4.59. The lowest BCUT2D eigenvalue weighted by Gasteiger charge is -2.35. The molecule has 0 spiro atoms. The summed E-state index contributed by atoms with van der Waals surface area (Å²) in [5.74, 6) is -0.205. The van der Waals surface area contributed by atoms with Gasteiger partial charge in [-0.3, -0.25) is 9.59 Å². The number of amides is 2. The molecule has 35 heavy (non-hydrogen) atoms. The van der Waals surface area contributed by atoms with Crippen molar-refractivity contribution in [2.75, 3.05) is 37.6 Å². The fraction of sp³-hybridized carbons (Fsp3) is 0.333. The van der Waals surface area contributed by atoms with Crippen molar-refractivity contribution in [3.05, 3.63) is 78.0 Å². The first-order chi connectivity index (χ1) is 16.8. The highest BCUT2D eigenvalue weighted by molar-refractivity contribution is 5.96. The van der Waals surface area contributed by atoms with Gasteiger partial charge < -0.3 is 19.7 Å². The molecule has 0 aliphatic carbocycles. The molecule has 0 unspecified atom stereocenters. The number of aryl methyl sites for hydroxylation is 1. The Morgan fingerprint density at radius 2 is 1.80 bits per heavy atom. The van der Waals surface area contributed by atoms with Crippen LogP contribution in [0.25, 0.3) is 0 Å². The first kappa shape index (κ1) is 24.2. The zero-order chi connectivity index (χ0) is 24.8. The van der Waals surface area contributed by atoms with Gasteiger partial charge in [0.2, 0.25) is 0 Å². The SMILES string of the molecule is O=C(NCCCn1ccnc1)c1ccc(N2CCN(C(=O)c3ccccc3C(F)(F)F)CC2)nc1. The molecule has 0 saturated carbocycles. The van der Waals surface area contributed by atoms with Gasteiger partial charge in [0.15, 0.2) is 0 Å². The molecule has 1 aliphatic heterocycles. The zero-order valence-corrected chi connectivity index (χ0v) is 18.9. The molecule has 0 atom stereocenters. The molecule has 2 aromatic heterocycles. The Hall–Kier alpha value is -3.89. The number of nitrogens with zero attached hydrogens (tertiary/aromatic N) is 5. The first-order valence-electron chi connectivity index (χ1n) is 11.2. The highest BCUT2D eigenvalue weighted by Gasteiger charge is 2.36. The van der Waals surface area contributed by atoms with E-state index in [4.69, 9.17) is 0 Å². The summed E-state index contributed by atoms with van der Waals surface area (Å²) in [6, 6.07) is 8.25. The molecular weight excluding hydrogens is 461 g/mol. The van der Waals surface area contributed by atoms with Gasteiger partial charge in [-0.15, -0.1) is 0 Å². The quantitative estimate of drug-likeness (QED) is 0.519. The maximum absolute atomic E-state index is 13.3. The lowest BCUT2D eigenvalue weighted by Crippen LogP contribution is -2.49. The molecule has 3 heterocycles. The summed E-state index contributed by atoms with van der Waals surface area (Å²) in [5.41, 5.74) is -0.828. The van der Waals surface area contributed by atoms with E-state index in [0.717, 1.165) is 19.0 Å². The van der Waals surface area contributed by atoms with Gasteiger partial charge in [-0.05, 0) is 30.7 Å². The number of aromatic nitrogens is 3. The monoisotopic (exact) mass is 486 g/mol. The third-order valence-corrected chi connectivity index (χ3v) is 5.80. The normalized spacial score (nSPS) is 14.1. The summed E-state index contributed by atoms with van der Waals surface area (Å²) in [7, 11) is 0. The van der Waals surface area contributed by atoms with Crippen LogP contribution in [0.5, 0.6) is 0 Å². The third kappa shape index (κ3) is 5.97. The molecule has 0 bridgehead atoms. The fourth-order valence-corrected chi connectivity index (χ4v) is 3.92. The van der Waals surface area contributed by atoms with Crippen molar-refractivity contribution >= 4 is 17.6 Å². The number of pyridine rings is 1. The number of piperazine rings is 1. The van der Waals surface area contributed by atoms with Gasteiger partial charge in [0, 0.05) is 57.9 Å². The number of nitrogens with one attached hydrogen (secondary N) is 1. The molecular formula is C24H25F3N6O2. The van der Waals surface area contributed by atoms with E-state index in [-0.39, 0.29) is 24.6 Å². The molecule has 11 heteroatoms. The molecule has 1 N–H and O–H groups in total. The van der Waals surface area contributed by atoms with Crippen molar-refractivity contribution in [1.82, 2.24) is 24.8 Å². The summed E-state index contributed by atoms with van der Waals surface area (Å²) in [6.07, 6.45) is 2.97. The Morgan fingerprint density at radius 1 is 1.03 bits per heavy atom. The molecule has 2 amide bonds. The van der Waals surface area contributed by atoms with Crippen LogP contribution >= 0.6 is 0 Å². The molecule has 4 rings (SSSR count). The molecule has 3 aromatic rings. The minimum absolute atomic E-state index is 0.214. The van der Waals surface area contributed by atoms with Crippen LogP contribution in [0.3, 0.4) is 0 Å². The molecule has 1 saturated heterocycles. The van der Waals surface area contributed by atoms with Crippen LogP contribution in [0.2, 0.25) is 0 Å². The minimum Gasteiger partial charge on any atom is -0.353 e. The van der Waals surface area contributed by atoms with Crippen molar-refractivity contribution < 1.29 is 22.8 Å². The topological polar surface area (TPSA) is 83.4 Å². The summed E-state index contributed by atoms with van der Waals surface area (Å²) >= 11 is 0. The highest BCUT2D eigenvalue weighted by atomic mass is 19.4. The Balaban J connectivity index is 1.28. The van der Waals surface area contributed by atoms with E-state index >= 15 is 0 Å². The van der Waals surface area contributed by atoms with Gasteiger partial charge in [0.05, 0.1) is 23.0 Å². The van der Waals surface area contributed by atoms with Crippen LogP contribution in [0.4, 0.5) is 19.0 Å². The van der Waals surface area contributed by atoms with E-state index in [1.807, 2.05) is 15.7 Å². The summed E-state index contributed by atoms with van der Waals surface area (Å²) < 4.78 is 41.8. The number of carbonyl (C=O) groups is 2. The average Bonchev–Trinajstić information content (AvgIpc) is 3.39. The number of carbonyl (C=O) groups excluding carboxylic acids is 2. The van der Waals surface area contributed by atoms with E-state index < -0.39 is 17.6 Å².